The van der Waals surface area contributed by atoms with E-state index in [4.69, 9.17) is 11.6 Å². The van der Waals surface area contributed by atoms with Crippen LogP contribution in [0, 0.1) is 0 Å². The lowest BCUT2D eigenvalue weighted by atomic mass is 10.0. The molecule has 0 spiro atoms. The quantitative estimate of drug-likeness (QED) is 0.481. The van der Waals surface area contributed by atoms with Gasteiger partial charge >= 0.3 is 6.03 Å². The second kappa shape index (κ2) is 8.28. The van der Waals surface area contributed by atoms with Crippen molar-refractivity contribution in [2.75, 3.05) is 18.4 Å². The molecule has 2 aromatic rings. The van der Waals surface area contributed by atoms with Crippen molar-refractivity contribution in [2.45, 2.75) is 38.4 Å². The molecule has 10 nitrogen and oxygen atoms in total. The van der Waals surface area contributed by atoms with Crippen molar-refractivity contribution in [1.29, 1.82) is 0 Å². The number of nitrogens with zero attached hydrogens (tertiary/aromatic N) is 6. The maximum absolute atomic E-state index is 13.1. The molecular weight excluding hydrogens is 458 g/mol. The van der Waals surface area contributed by atoms with Crippen LogP contribution >= 0.6 is 11.6 Å². The van der Waals surface area contributed by atoms with Gasteiger partial charge in [-0.1, -0.05) is 11.6 Å². The molecule has 0 radical (unpaired) electrons. The number of urea groups is 1. The summed E-state index contributed by atoms with van der Waals surface area (Å²) in [7, 11) is 0. The van der Waals surface area contributed by atoms with Crippen LogP contribution in [0.1, 0.15) is 42.6 Å². The number of imide groups is 1. The van der Waals surface area contributed by atoms with Gasteiger partial charge in [-0.3, -0.25) is 19.4 Å². The normalized spacial score (nSPS) is 21.9. The Morgan fingerprint density at radius 3 is 2.59 bits per heavy atom. The lowest BCUT2D eigenvalue weighted by molar-refractivity contribution is -0.124. The zero-order valence-electron chi connectivity index (χ0n) is 18.7. The number of carbonyl (C=O) groups excluding carboxylic acids is 3. The van der Waals surface area contributed by atoms with Gasteiger partial charge in [-0.2, -0.15) is 0 Å². The largest absolute Gasteiger partial charge is 0.363 e. The van der Waals surface area contributed by atoms with Crippen LogP contribution < -0.4 is 5.32 Å². The van der Waals surface area contributed by atoms with Gasteiger partial charge in [0.05, 0.1) is 6.54 Å². The maximum atomic E-state index is 13.1. The molecule has 4 heterocycles. The first-order valence-electron chi connectivity index (χ1n) is 11.0. The Morgan fingerprint density at radius 2 is 1.97 bits per heavy atom. The van der Waals surface area contributed by atoms with Crippen LogP contribution in [0.25, 0.3) is 0 Å². The van der Waals surface area contributed by atoms with Gasteiger partial charge in [-0.15, -0.1) is 0 Å². The number of rotatable bonds is 7. The second-order valence-electron chi connectivity index (χ2n) is 8.43. The first-order valence-corrected chi connectivity index (χ1v) is 11.4. The molecule has 34 heavy (non-hydrogen) atoms. The smallest absolute Gasteiger partial charge is 0.329 e. The summed E-state index contributed by atoms with van der Waals surface area (Å²) in [4.78, 5) is 58.7. The van der Waals surface area contributed by atoms with Gasteiger partial charge in [0.15, 0.2) is 23.0 Å². The first-order chi connectivity index (χ1) is 16.3. The Morgan fingerprint density at radius 1 is 1.18 bits per heavy atom. The highest BCUT2D eigenvalue weighted by molar-refractivity contribution is 6.49. The standard InChI is InChI=1S/C23H22ClN7O3/c1-3-30-22(34)31(15-6-7-15)21(33)19-23(30,2)29-20(28-19)14-5-9-18(26-11-14)27-12-16(32)13-4-8-17(24)25-10-13/h4-5,8-11,15H,3,6-7,12H2,1-2H3,(H,26,27). The Kier molecular flexibility index (Phi) is 5.40. The minimum Gasteiger partial charge on any atom is -0.363 e. The van der Waals surface area contributed by atoms with Gasteiger partial charge in [-0.25, -0.2) is 24.7 Å². The van der Waals surface area contributed by atoms with E-state index >= 15 is 0 Å². The maximum Gasteiger partial charge on any atom is 0.329 e. The SMILES string of the molecule is CCN1C(=O)N(C2CC2)C(=O)C2=NC(c3ccc(NCC(=O)c4ccc(Cl)nc4)nc3)=NC21C. The van der Waals surface area contributed by atoms with E-state index in [1.807, 2.05) is 6.92 Å². The average molecular weight is 480 g/mol. The van der Waals surface area contributed by atoms with E-state index in [9.17, 15) is 14.4 Å². The highest BCUT2D eigenvalue weighted by Crippen LogP contribution is 2.37. The number of Topliss-reactive ketones (excluding diaryl/α,β-unsaturated/α-hetero) is 1. The predicted molar refractivity (Wildman–Crippen MR) is 126 cm³/mol. The number of aliphatic imine (C=N–C) groups is 2. The van der Waals surface area contributed by atoms with Crippen molar-refractivity contribution in [3.8, 4) is 0 Å². The van der Waals surface area contributed by atoms with E-state index < -0.39 is 5.66 Å². The van der Waals surface area contributed by atoms with Crippen molar-refractivity contribution in [2.24, 2.45) is 9.98 Å². The van der Waals surface area contributed by atoms with E-state index in [1.54, 1.807) is 42.3 Å². The third kappa shape index (κ3) is 3.73. The number of amides is 3. The molecule has 1 unspecified atom stereocenters. The molecule has 1 aliphatic carbocycles. The fraction of sp³-hybridized carbons (Fsp3) is 0.348. The highest BCUT2D eigenvalue weighted by atomic mass is 35.5. The Hall–Kier alpha value is -3.66. The number of fused-ring (bicyclic) bond motifs is 1. The number of hydrogen-bond acceptors (Lipinski definition) is 8. The first kappa shape index (κ1) is 22.1. The molecule has 3 amide bonds. The summed E-state index contributed by atoms with van der Waals surface area (Å²) in [5.41, 5.74) is 0.163. The number of nitrogens with one attached hydrogen (secondary N) is 1. The molecule has 1 atom stereocenters. The Balaban J connectivity index is 1.33. The minimum absolute atomic E-state index is 0.0378. The van der Waals surface area contributed by atoms with Crippen LogP contribution in [0.4, 0.5) is 10.6 Å². The number of amidine groups is 1. The van der Waals surface area contributed by atoms with Crippen molar-refractivity contribution < 1.29 is 14.4 Å². The lowest BCUT2D eigenvalue weighted by Crippen LogP contribution is -2.67. The zero-order chi connectivity index (χ0) is 24.0. The third-order valence-electron chi connectivity index (χ3n) is 6.10. The molecule has 2 aromatic heterocycles. The third-order valence-corrected chi connectivity index (χ3v) is 6.33. The molecule has 1 saturated carbocycles. The molecule has 2 fully saturated rings. The van der Waals surface area contributed by atoms with Crippen molar-refractivity contribution in [1.82, 2.24) is 19.8 Å². The summed E-state index contributed by atoms with van der Waals surface area (Å²) >= 11 is 5.75. The average Bonchev–Trinajstić information content (AvgIpc) is 3.59. The lowest BCUT2D eigenvalue weighted by Gasteiger charge is -2.43. The van der Waals surface area contributed by atoms with E-state index in [0.29, 0.717) is 34.5 Å². The number of pyridine rings is 2. The number of anilines is 1. The van der Waals surface area contributed by atoms with Gasteiger partial charge in [-0.05, 0) is 51.0 Å². The number of halogens is 1. The molecule has 174 valence electrons. The molecule has 0 aromatic carbocycles. The molecule has 11 heteroatoms. The topological polar surface area (TPSA) is 120 Å². The van der Waals surface area contributed by atoms with Crippen LogP contribution in [0.15, 0.2) is 46.6 Å². The monoisotopic (exact) mass is 479 g/mol. The van der Waals surface area contributed by atoms with E-state index in [-0.39, 0.29) is 36.0 Å². The van der Waals surface area contributed by atoms with Gasteiger partial charge in [0, 0.05) is 36.1 Å². The number of aromatic nitrogens is 2. The van der Waals surface area contributed by atoms with Crippen LogP contribution in [0.5, 0.6) is 0 Å². The summed E-state index contributed by atoms with van der Waals surface area (Å²) in [6.07, 6.45) is 4.64. The number of carbonyl (C=O) groups is 3. The Bertz CT molecular complexity index is 1240. The summed E-state index contributed by atoms with van der Waals surface area (Å²) in [5, 5.41) is 3.30. The predicted octanol–water partition coefficient (Wildman–Crippen LogP) is 2.79. The summed E-state index contributed by atoms with van der Waals surface area (Å²) in [5.74, 6) is 0.314. The second-order valence-corrected chi connectivity index (χ2v) is 8.82. The van der Waals surface area contributed by atoms with Crippen molar-refractivity contribution in [3.63, 3.8) is 0 Å². The zero-order valence-corrected chi connectivity index (χ0v) is 19.4. The van der Waals surface area contributed by atoms with Crippen molar-refractivity contribution >= 4 is 46.7 Å². The number of hydrogen-bond donors (Lipinski definition) is 1. The van der Waals surface area contributed by atoms with Gasteiger partial charge < -0.3 is 5.32 Å². The molecule has 5 rings (SSSR count). The molecular formula is C23H22ClN7O3. The molecule has 0 bridgehead atoms. The molecule has 1 N–H and O–H groups in total. The van der Waals surface area contributed by atoms with Crippen LogP contribution in [0.3, 0.4) is 0 Å². The molecule has 1 saturated heterocycles. The van der Waals surface area contributed by atoms with E-state index in [2.05, 4.69) is 25.3 Å². The fourth-order valence-electron chi connectivity index (χ4n) is 4.12. The van der Waals surface area contributed by atoms with Crippen LogP contribution in [-0.2, 0) is 4.79 Å². The van der Waals surface area contributed by atoms with Crippen molar-refractivity contribution in [3.05, 3.63) is 52.9 Å². The fourth-order valence-corrected chi connectivity index (χ4v) is 4.23. The minimum atomic E-state index is -1.14. The summed E-state index contributed by atoms with van der Waals surface area (Å²) in [6.45, 7) is 4.04. The summed E-state index contributed by atoms with van der Waals surface area (Å²) < 4.78 is 0. The number of ketones is 1. The highest BCUT2D eigenvalue weighted by Gasteiger charge is 2.56. The summed E-state index contributed by atoms with van der Waals surface area (Å²) in [6, 6.07) is 6.27. The van der Waals surface area contributed by atoms with Gasteiger partial charge in [0.2, 0.25) is 0 Å². The van der Waals surface area contributed by atoms with Gasteiger partial charge in [0.1, 0.15) is 11.0 Å². The van der Waals surface area contributed by atoms with Crippen LogP contribution in [0.2, 0.25) is 5.15 Å². The van der Waals surface area contributed by atoms with Crippen LogP contribution in [-0.4, -0.2) is 73.8 Å². The molecule has 2 aliphatic heterocycles. The van der Waals surface area contributed by atoms with E-state index in [1.165, 1.54) is 11.1 Å². The molecule has 3 aliphatic rings. The van der Waals surface area contributed by atoms with E-state index in [0.717, 1.165) is 12.8 Å². The Labute approximate surface area is 200 Å². The van der Waals surface area contributed by atoms with Gasteiger partial charge in [0.25, 0.3) is 5.91 Å².